The third-order valence-electron chi connectivity index (χ3n) is 6.75. The number of carbonyl (C=O) groups is 1. The number of oxazole rings is 1. The molecule has 2 aliphatic heterocycles. The summed E-state index contributed by atoms with van der Waals surface area (Å²) in [5.41, 5.74) is 1.97. The number of amides is 1. The minimum absolute atomic E-state index is 0.0364. The Labute approximate surface area is 203 Å². The Morgan fingerprint density at radius 2 is 1.74 bits per heavy atom. The maximum Gasteiger partial charge on any atom is 0.266 e. The molecular weight excluding hydrogens is 444 g/mol. The molecule has 0 atom stereocenters. The summed E-state index contributed by atoms with van der Waals surface area (Å²) >= 11 is 0. The highest BCUT2D eigenvalue weighted by Crippen LogP contribution is 2.32. The van der Waals surface area contributed by atoms with E-state index in [1.54, 1.807) is 12.1 Å². The maximum absolute atomic E-state index is 13.3. The number of hydrogen-bond donors (Lipinski definition) is 0. The molecular formula is C26H26N6O3. The number of aromatic nitrogens is 1. The molecule has 2 aliphatic rings. The fraction of sp³-hybridized carbons (Fsp3) is 0.385. The molecule has 1 amide bonds. The molecule has 3 aromatic rings. The number of hydrogen-bond acceptors (Lipinski definition) is 8. The molecule has 1 aromatic carbocycles. The summed E-state index contributed by atoms with van der Waals surface area (Å²) < 4.78 is 11.2. The Bertz CT molecular complexity index is 1240. The normalized spacial score (nSPS) is 17.0. The lowest BCUT2D eigenvalue weighted by Gasteiger charge is -2.33. The first-order valence-electron chi connectivity index (χ1n) is 11.9. The Morgan fingerprint density at radius 1 is 0.943 bits per heavy atom. The van der Waals surface area contributed by atoms with E-state index in [-0.39, 0.29) is 23.4 Å². The lowest BCUT2D eigenvalue weighted by molar-refractivity contribution is -0.136. The Morgan fingerprint density at radius 3 is 2.43 bits per heavy atom. The van der Waals surface area contributed by atoms with E-state index in [0.717, 1.165) is 31.7 Å². The van der Waals surface area contributed by atoms with E-state index in [4.69, 9.17) is 14.1 Å². The third kappa shape index (κ3) is 4.71. The van der Waals surface area contributed by atoms with Crippen molar-refractivity contribution in [1.29, 1.82) is 10.5 Å². The average molecular weight is 471 g/mol. The van der Waals surface area contributed by atoms with Crippen molar-refractivity contribution in [2.45, 2.75) is 19.3 Å². The zero-order chi connectivity index (χ0) is 24.2. The van der Waals surface area contributed by atoms with Crippen LogP contribution in [-0.2, 0) is 4.79 Å². The quantitative estimate of drug-likeness (QED) is 0.568. The maximum atomic E-state index is 13.3. The van der Waals surface area contributed by atoms with Gasteiger partial charge in [0.25, 0.3) is 5.89 Å². The monoisotopic (exact) mass is 470 g/mol. The summed E-state index contributed by atoms with van der Waals surface area (Å²) in [6.45, 7) is 4.35. The Hall–Kier alpha value is -4.24. The van der Waals surface area contributed by atoms with Gasteiger partial charge in [-0.3, -0.25) is 4.79 Å². The van der Waals surface area contributed by atoms with Gasteiger partial charge in [-0.1, -0.05) is 0 Å². The van der Waals surface area contributed by atoms with Crippen LogP contribution in [0.5, 0.6) is 0 Å². The van der Waals surface area contributed by atoms with Crippen LogP contribution in [0.1, 0.15) is 30.5 Å². The first-order chi connectivity index (χ1) is 17.2. The highest BCUT2D eigenvalue weighted by Gasteiger charge is 2.32. The van der Waals surface area contributed by atoms with Crippen molar-refractivity contribution in [2.24, 2.45) is 5.92 Å². The van der Waals surface area contributed by atoms with Gasteiger partial charge in [-0.15, -0.1) is 0 Å². The number of rotatable bonds is 4. The molecule has 9 nitrogen and oxygen atoms in total. The zero-order valence-electron chi connectivity index (χ0n) is 19.4. The molecule has 0 radical (unpaired) electrons. The van der Waals surface area contributed by atoms with Crippen LogP contribution < -0.4 is 9.80 Å². The minimum Gasteiger partial charge on any atom is -0.459 e. The molecule has 0 unspecified atom stereocenters. The van der Waals surface area contributed by atoms with E-state index in [1.807, 2.05) is 34.1 Å². The predicted octanol–water partition coefficient (Wildman–Crippen LogP) is 3.63. The van der Waals surface area contributed by atoms with Gasteiger partial charge < -0.3 is 23.5 Å². The van der Waals surface area contributed by atoms with Crippen LogP contribution in [0.2, 0.25) is 0 Å². The van der Waals surface area contributed by atoms with Crippen molar-refractivity contribution in [1.82, 2.24) is 9.88 Å². The summed E-state index contributed by atoms with van der Waals surface area (Å²) in [4.78, 5) is 23.8. The molecule has 0 N–H and O–H groups in total. The second kappa shape index (κ2) is 9.94. The second-order valence-corrected chi connectivity index (χ2v) is 8.85. The van der Waals surface area contributed by atoms with E-state index in [1.165, 1.54) is 6.26 Å². The van der Waals surface area contributed by atoms with Gasteiger partial charge >= 0.3 is 0 Å². The summed E-state index contributed by atoms with van der Waals surface area (Å²) in [6, 6.07) is 15.4. The molecule has 2 fully saturated rings. The van der Waals surface area contributed by atoms with Gasteiger partial charge in [-0.25, -0.2) is 0 Å². The topological polar surface area (TPSA) is 114 Å². The number of nitrogens with zero attached hydrogens (tertiary/aromatic N) is 6. The van der Waals surface area contributed by atoms with Crippen LogP contribution >= 0.6 is 0 Å². The molecule has 4 heterocycles. The van der Waals surface area contributed by atoms with Crippen LogP contribution in [0.4, 0.5) is 11.6 Å². The van der Waals surface area contributed by atoms with E-state index in [0.29, 0.717) is 49.7 Å². The molecule has 2 saturated heterocycles. The highest BCUT2D eigenvalue weighted by molar-refractivity contribution is 5.79. The SMILES string of the molecule is N#Cc1ccc(N2CCCN(C(=O)C3CCN(c4oc(-c5ccco5)nc4C#N)CC3)CC2)cc1. The largest absolute Gasteiger partial charge is 0.459 e. The third-order valence-corrected chi connectivity index (χ3v) is 6.75. The summed E-state index contributed by atoms with van der Waals surface area (Å²) in [5.74, 6) is 1.38. The zero-order valence-corrected chi connectivity index (χ0v) is 19.4. The van der Waals surface area contributed by atoms with Gasteiger partial charge in [0.15, 0.2) is 5.76 Å². The smallest absolute Gasteiger partial charge is 0.266 e. The number of nitriles is 2. The summed E-state index contributed by atoms with van der Waals surface area (Å²) in [7, 11) is 0. The predicted molar refractivity (Wildman–Crippen MR) is 128 cm³/mol. The Kier molecular flexibility index (Phi) is 6.40. The first-order valence-corrected chi connectivity index (χ1v) is 11.9. The number of carbonyl (C=O) groups excluding carboxylic acids is 1. The average Bonchev–Trinajstić information content (AvgIpc) is 3.53. The molecule has 2 aromatic heterocycles. The van der Waals surface area contributed by atoms with Crippen molar-refractivity contribution in [2.75, 3.05) is 49.1 Å². The number of piperidine rings is 1. The standard InChI is InChI=1S/C26H26N6O3/c27-17-19-4-6-21(7-5-19)30-10-2-11-31(15-14-30)25(33)20-8-12-32(13-9-20)26-22(18-28)29-24(35-26)23-3-1-16-34-23/h1,3-7,16,20H,2,8-15H2. The second-order valence-electron chi connectivity index (χ2n) is 8.85. The first kappa shape index (κ1) is 22.5. The number of anilines is 2. The fourth-order valence-electron chi connectivity index (χ4n) is 4.84. The van der Waals surface area contributed by atoms with E-state index in [2.05, 4.69) is 22.0 Å². The van der Waals surface area contributed by atoms with Crippen molar-refractivity contribution < 1.29 is 13.6 Å². The number of furan rings is 1. The van der Waals surface area contributed by atoms with Crippen LogP contribution in [0.25, 0.3) is 11.7 Å². The molecule has 0 spiro atoms. The van der Waals surface area contributed by atoms with Crippen LogP contribution in [-0.4, -0.2) is 55.1 Å². The Balaban J connectivity index is 1.18. The van der Waals surface area contributed by atoms with E-state index in [9.17, 15) is 10.1 Å². The molecule has 178 valence electrons. The van der Waals surface area contributed by atoms with Gasteiger partial charge in [0.05, 0.1) is 17.9 Å². The minimum atomic E-state index is -0.0364. The van der Waals surface area contributed by atoms with Crippen LogP contribution in [0.15, 0.2) is 51.5 Å². The summed E-state index contributed by atoms with van der Waals surface area (Å²) in [6.07, 6.45) is 3.85. The van der Waals surface area contributed by atoms with Gasteiger partial charge in [-0.05, 0) is 55.7 Å². The van der Waals surface area contributed by atoms with Crippen LogP contribution in [0.3, 0.4) is 0 Å². The van der Waals surface area contributed by atoms with Crippen molar-refractivity contribution in [3.8, 4) is 23.8 Å². The molecule has 35 heavy (non-hydrogen) atoms. The fourth-order valence-corrected chi connectivity index (χ4v) is 4.84. The van der Waals surface area contributed by atoms with Gasteiger partial charge in [0.1, 0.15) is 6.07 Å². The molecule has 0 bridgehead atoms. The summed E-state index contributed by atoms with van der Waals surface area (Å²) in [5, 5.41) is 18.5. The van der Waals surface area contributed by atoms with E-state index >= 15 is 0 Å². The lowest BCUT2D eigenvalue weighted by Crippen LogP contribution is -2.44. The van der Waals surface area contributed by atoms with Crippen molar-refractivity contribution in [3.05, 3.63) is 53.9 Å². The van der Waals surface area contributed by atoms with Crippen molar-refractivity contribution >= 4 is 17.5 Å². The number of benzene rings is 1. The van der Waals surface area contributed by atoms with E-state index < -0.39 is 0 Å². The molecule has 0 aliphatic carbocycles. The lowest BCUT2D eigenvalue weighted by atomic mass is 9.95. The van der Waals surface area contributed by atoms with Gasteiger partial charge in [-0.2, -0.15) is 15.5 Å². The van der Waals surface area contributed by atoms with Crippen LogP contribution in [0, 0.1) is 28.6 Å². The molecule has 0 saturated carbocycles. The van der Waals surface area contributed by atoms with Gasteiger partial charge in [0, 0.05) is 50.9 Å². The van der Waals surface area contributed by atoms with Crippen molar-refractivity contribution in [3.63, 3.8) is 0 Å². The van der Waals surface area contributed by atoms with Gasteiger partial charge in [0.2, 0.25) is 17.5 Å². The highest BCUT2D eigenvalue weighted by atomic mass is 16.4. The molecule has 9 heteroatoms. The molecule has 5 rings (SSSR count).